The molecule has 1 heterocycles. The molecule has 0 bridgehead atoms. The molecule has 18 heavy (non-hydrogen) atoms. The minimum Gasteiger partial charge on any atom is -0.382 e. The van der Waals surface area contributed by atoms with Crippen molar-refractivity contribution in [3.63, 3.8) is 0 Å². The fraction of sp³-hybridized carbons (Fsp3) is 0.0769. The van der Waals surface area contributed by atoms with E-state index in [1.54, 1.807) is 0 Å². The van der Waals surface area contributed by atoms with Crippen molar-refractivity contribution in [2.24, 2.45) is 0 Å². The summed E-state index contributed by atoms with van der Waals surface area (Å²) in [4.78, 5) is 0. The number of alkyl halides is 1. The molecule has 0 spiro atoms. The minimum absolute atomic E-state index is 0.344. The zero-order valence-electron chi connectivity index (χ0n) is 9.39. The summed E-state index contributed by atoms with van der Waals surface area (Å²) >= 11 is 3.24. The molecule has 0 fully saturated rings. The molecular formula is C13H9BrN4. The number of hydrogen-bond donors (Lipinski definition) is 1. The molecule has 88 valence electrons. The normalized spacial score (nSPS) is 9.33. The second-order valence-electron chi connectivity index (χ2n) is 3.45. The Labute approximate surface area is 113 Å². The molecule has 0 saturated carbocycles. The number of nitriles is 1. The van der Waals surface area contributed by atoms with Gasteiger partial charge in [-0.3, -0.25) is 0 Å². The van der Waals surface area contributed by atoms with E-state index in [2.05, 4.69) is 32.9 Å². The van der Waals surface area contributed by atoms with Gasteiger partial charge in [0.05, 0.1) is 17.2 Å². The average molecular weight is 301 g/mol. The van der Waals surface area contributed by atoms with Crippen LogP contribution in [0.1, 0.15) is 11.1 Å². The van der Waals surface area contributed by atoms with Crippen LogP contribution in [-0.2, 0) is 0 Å². The van der Waals surface area contributed by atoms with E-state index in [1.807, 2.05) is 30.3 Å². The van der Waals surface area contributed by atoms with Crippen molar-refractivity contribution in [3.8, 4) is 23.6 Å². The van der Waals surface area contributed by atoms with Crippen molar-refractivity contribution in [3.05, 3.63) is 41.6 Å². The monoisotopic (exact) mass is 300 g/mol. The van der Waals surface area contributed by atoms with E-state index in [0.29, 0.717) is 16.7 Å². The molecule has 4 nitrogen and oxygen atoms in total. The molecule has 1 aromatic heterocycles. The van der Waals surface area contributed by atoms with Crippen molar-refractivity contribution in [2.45, 2.75) is 0 Å². The van der Waals surface area contributed by atoms with Crippen LogP contribution >= 0.6 is 15.9 Å². The minimum atomic E-state index is 0.344. The highest BCUT2D eigenvalue weighted by Crippen LogP contribution is 2.16. The number of nitrogens with zero attached hydrogens (tertiary/aromatic N) is 3. The quantitative estimate of drug-likeness (QED) is 0.647. The number of rotatable bonds is 1. The van der Waals surface area contributed by atoms with Gasteiger partial charge in [0.2, 0.25) is 0 Å². The Bertz CT molecular complexity index is 653. The Morgan fingerprint density at radius 2 is 2.06 bits per heavy atom. The number of nitrogens with two attached hydrogens (primary N) is 1. The predicted octanol–water partition coefficient (Wildman–Crippen LogP) is 2.07. The highest BCUT2D eigenvalue weighted by atomic mass is 79.9. The summed E-state index contributed by atoms with van der Waals surface area (Å²) in [5, 5.41) is 13.5. The lowest BCUT2D eigenvalue weighted by molar-refractivity contribution is 0.891. The summed E-state index contributed by atoms with van der Waals surface area (Å²) in [7, 11) is 0. The van der Waals surface area contributed by atoms with E-state index >= 15 is 0 Å². The summed E-state index contributed by atoms with van der Waals surface area (Å²) in [6.45, 7) is 0. The van der Waals surface area contributed by atoms with E-state index < -0.39 is 0 Å². The Morgan fingerprint density at radius 3 is 2.61 bits per heavy atom. The first-order chi connectivity index (χ1) is 8.76. The van der Waals surface area contributed by atoms with Gasteiger partial charge in [0, 0.05) is 5.56 Å². The molecular weight excluding hydrogens is 292 g/mol. The Hall–Kier alpha value is -2.24. The molecule has 0 radical (unpaired) electrons. The summed E-state index contributed by atoms with van der Waals surface area (Å²) in [6, 6.07) is 9.49. The predicted molar refractivity (Wildman–Crippen MR) is 73.4 cm³/mol. The van der Waals surface area contributed by atoms with Crippen molar-refractivity contribution in [1.82, 2.24) is 9.78 Å². The van der Waals surface area contributed by atoms with Gasteiger partial charge in [-0.2, -0.15) is 10.4 Å². The van der Waals surface area contributed by atoms with E-state index in [9.17, 15) is 0 Å². The molecule has 0 aliphatic rings. The summed E-state index contributed by atoms with van der Waals surface area (Å²) in [5.74, 6) is 6.26. The topological polar surface area (TPSA) is 67.6 Å². The van der Waals surface area contributed by atoms with Gasteiger partial charge in [-0.1, -0.05) is 27.8 Å². The van der Waals surface area contributed by atoms with Crippen LogP contribution in [0.15, 0.2) is 30.5 Å². The third kappa shape index (κ3) is 2.37. The van der Waals surface area contributed by atoms with Crippen LogP contribution < -0.4 is 5.73 Å². The fourth-order valence-corrected chi connectivity index (χ4v) is 1.61. The van der Waals surface area contributed by atoms with Crippen molar-refractivity contribution in [2.75, 3.05) is 11.1 Å². The van der Waals surface area contributed by atoms with E-state index in [0.717, 1.165) is 11.3 Å². The SMILES string of the molecule is N#Cc1cnn(-c2ccc(C#CCBr)cc2)c1N. The maximum atomic E-state index is 8.81. The van der Waals surface area contributed by atoms with Gasteiger partial charge >= 0.3 is 0 Å². The van der Waals surface area contributed by atoms with Crippen LogP contribution in [0.25, 0.3) is 5.69 Å². The molecule has 2 N–H and O–H groups in total. The second-order valence-corrected chi connectivity index (χ2v) is 4.01. The molecule has 0 aliphatic heterocycles. The van der Waals surface area contributed by atoms with Gasteiger partial charge in [-0.15, -0.1) is 0 Å². The Kier molecular flexibility index (Phi) is 3.66. The van der Waals surface area contributed by atoms with Crippen LogP contribution in [-0.4, -0.2) is 15.1 Å². The summed E-state index contributed by atoms with van der Waals surface area (Å²) < 4.78 is 1.53. The third-order valence-electron chi connectivity index (χ3n) is 2.34. The van der Waals surface area contributed by atoms with Crippen molar-refractivity contribution < 1.29 is 0 Å². The fourth-order valence-electron chi connectivity index (χ4n) is 1.47. The standard InChI is InChI=1S/C13H9BrN4/c14-7-1-2-10-3-5-12(6-4-10)18-13(16)11(8-15)9-17-18/h3-6,9H,7,16H2. The zero-order chi connectivity index (χ0) is 13.0. The van der Waals surface area contributed by atoms with Gasteiger partial charge in [-0.05, 0) is 24.3 Å². The first-order valence-corrected chi connectivity index (χ1v) is 6.27. The molecule has 0 unspecified atom stereocenters. The largest absolute Gasteiger partial charge is 0.382 e. The maximum absolute atomic E-state index is 8.81. The lowest BCUT2D eigenvalue weighted by atomic mass is 10.2. The first kappa shape index (κ1) is 12.2. The smallest absolute Gasteiger partial charge is 0.145 e. The summed E-state index contributed by atoms with van der Waals surface area (Å²) in [6.07, 6.45) is 1.45. The Balaban J connectivity index is 2.35. The molecule has 2 rings (SSSR count). The van der Waals surface area contributed by atoms with Crippen LogP contribution in [0.4, 0.5) is 5.82 Å². The van der Waals surface area contributed by atoms with Gasteiger partial charge < -0.3 is 5.73 Å². The Morgan fingerprint density at radius 1 is 1.33 bits per heavy atom. The highest BCUT2D eigenvalue weighted by Gasteiger charge is 2.07. The van der Waals surface area contributed by atoms with Gasteiger partial charge in [0.1, 0.15) is 17.5 Å². The van der Waals surface area contributed by atoms with Crippen LogP contribution in [0.3, 0.4) is 0 Å². The molecule has 5 heteroatoms. The lowest BCUT2D eigenvalue weighted by Crippen LogP contribution is -2.02. The average Bonchev–Trinajstić information content (AvgIpc) is 2.78. The lowest BCUT2D eigenvalue weighted by Gasteiger charge is -2.03. The second kappa shape index (κ2) is 5.39. The number of aromatic nitrogens is 2. The summed E-state index contributed by atoms with van der Waals surface area (Å²) in [5.41, 5.74) is 7.91. The molecule has 0 amide bonds. The number of anilines is 1. The molecule has 2 aromatic rings. The van der Waals surface area contributed by atoms with Crippen LogP contribution in [0, 0.1) is 23.2 Å². The van der Waals surface area contributed by atoms with Gasteiger partial charge in [-0.25, -0.2) is 4.68 Å². The number of benzene rings is 1. The van der Waals surface area contributed by atoms with Crippen LogP contribution in [0.2, 0.25) is 0 Å². The molecule has 1 aromatic carbocycles. The number of hydrogen-bond acceptors (Lipinski definition) is 3. The zero-order valence-corrected chi connectivity index (χ0v) is 11.0. The third-order valence-corrected chi connectivity index (χ3v) is 2.62. The van der Waals surface area contributed by atoms with Crippen molar-refractivity contribution >= 4 is 21.7 Å². The van der Waals surface area contributed by atoms with E-state index in [1.165, 1.54) is 10.9 Å². The molecule has 0 aliphatic carbocycles. The molecule has 0 atom stereocenters. The van der Waals surface area contributed by atoms with Gasteiger partial charge in [0.25, 0.3) is 0 Å². The van der Waals surface area contributed by atoms with Gasteiger partial charge in [0.15, 0.2) is 0 Å². The maximum Gasteiger partial charge on any atom is 0.145 e. The van der Waals surface area contributed by atoms with Crippen LogP contribution in [0.5, 0.6) is 0 Å². The number of halogens is 1. The van der Waals surface area contributed by atoms with Crippen molar-refractivity contribution in [1.29, 1.82) is 5.26 Å². The first-order valence-electron chi connectivity index (χ1n) is 5.15. The van der Waals surface area contributed by atoms with E-state index in [4.69, 9.17) is 11.0 Å². The highest BCUT2D eigenvalue weighted by molar-refractivity contribution is 9.09. The van der Waals surface area contributed by atoms with E-state index in [-0.39, 0.29) is 0 Å². The molecule has 0 saturated heterocycles. The number of nitrogen functional groups attached to an aromatic ring is 1.